The van der Waals surface area contributed by atoms with Gasteiger partial charge in [-0.1, -0.05) is 58.0 Å². The van der Waals surface area contributed by atoms with Gasteiger partial charge in [-0.15, -0.1) is 0 Å². The van der Waals surface area contributed by atoms with E-state index in [1.165, 1.54) is 5.56 Å². The zero-order valence-electron chi connectivity index (χ0n) is 17.3. The molecular formula is C22H35N3O2. The minimum absolute atomic E-state index is 0.00865. The van der Waals surface area contributed by atoms with Gasteiger partial charge in [0, 0.05) is 31.5 Å². The Morgan fingerprint density at radius 2 is 1.70 bits per heavy atom. The maximum absolute atomic E-state index is 12.7. The first-order valence-electron chi connectivity index (χ1n) is 10.3. The summed E-state index contributed by atoms with van der Waals surface area (Å²) in [4.78, 5) is 29.1. The molecule has 1 heterocycles. The van der Waals surface area contributed by atoms with Crippen molar-refractivity contribution in [3.8, 4) is 0 Å². The molecule has 0 radical (unpaired) electrons. The van der Waals surface area contributed by atoms with Gasteiger partial charge in [-0.3, -0.25) is 14.5 Å². The maximum atomic E-state index is 12.7. The topological polar surface area (TPSA) is 52.7 Å². The van der Waals surface area contributed by atoms with Crippen LogP contribution in [0.1, 0.15) is 52.1 Å². The Morgan fingerprint density at radius 3 is 2.22 bits per heavy atom. The molecule has 1 saturated heterocycles. The fourth-order valence-corrected chi connectivity index (χ4v) is 3.87. The Balaban J connectivity index is 1.91. The van der Waals surface area contributed by atoms with Crippen molar-refractivity contribution in [1.82, 2.24) is 15.1 Å². The first kappa shape index (κ1) is 21.4. The molecular weight excluding hydrogens is 338 g/mol. The quantitative estimate of drug-likeness (QED) is 0.762. The molecule has 1 atom stereocenters. The lowest BCUT2D eigenvalue weighted by molar-refractivity contribution is -0.138. The van der Waals surface area contributed by atoms with Gasteiger partial charge in [0.05, 0.1) is 6.04 Å². The fourth-order valence-electron chi connectivity index (χ4n) is 3.87. The van der Waals surface area contributed by atoms with E-state index >= 15 is 0 Å². The predicted molar refractivity (Wildman–Crippen MR) is 109 cm³/mol. The third-order valence-corrected chi connectivity index (χ3v) is 5.58. The minimum atomic E-state index is 0.00865. The van der Waals surface area contributed by atoms with Crippen LogP contribution >= 0.6 is 0 Å². The summed E-state index contributed by atoms with van der Waals surface area (Å²) in [6.07, 6.45) is 1.51. The van der Waals surface area contributed by atoms with Crippen LogP contribution in [0.3, 0.4) is 0 Å². The molecule has 5 heteroatoms. The number of rotatable bonds is 8. The fraction of sp³-hybridized carbons (Fsp3) is 0.636. The number of hydrogen-bond acceptors (Lipinski definition) is 3. The van der Waals surface area contributed by atoms with E-state index in [0.717, 1.165) is 25.9 Å². The Labute approximate surface area is 164 Å². The molecule has 0 aromatic heterocycles. The summed E-state index contributed by atoms with van der Waals surface area (Å²) in [5.74, 6) is 0.352. The van der Waals surface area contributed by atoms with E-state index in [-0.39, 0.29) is 29.7 Å². The van der Waals surface area contributed by atoms with Gasteiger partial charge in [0.25, 0.3) is 0 Å². The van der Waals surface area contributed by atoms with Crippen molar-refractivity contribution in [3.63, 3.8) is 0 Å². The normalized spacial score (nSPS) is 16.6. The van der Waals surface area contributed by atoms with Crippen LogP contribution in [0.25, 0.3) is 0 Å². The van der Waals surface area contributed by atoms with Crippen LogP contribution < -0.4 is 5.32 Å². The summed E-state index contributed by atoms with van der Waals surface area (Å²) in [5, 5.41) is 3.18. The van der Waals surface area contributed by atoms with E-state index in [0.29, 0.717) is 19.6 Å². The smallest absolute Gasteiger partial charge is 0.225 e. The van der Waals surface area contributed by atoms with Gasteiger partial charge >= 0.3 is 0 Å². The molecule has 0 spiro atoms. The van der Waals surface area contributed by atoms with E-state index in [2.05, 4.69) is 48.3 Å². The third kappa shape index (κ3) is 5.80. The second-order valence-corrected chi connectivity index (χ2v) is 7.65. The highest BCUT2D eigenvalue weighted by molar-refractivity contribution is 5.80. The Bertz CT molecular complexity index is 591. The predicted octanol–water partition coefficient (Wildman–Crippen LogP) is 3.08. The minimum Gasteiger partial charge on any atom is -0.354 e. The van der Waals surface area contributed by atoms with E-state index in [1.807, 2.05) is 24.8 Å². The van der Waals surface area contributed by atoms with Gasteiger partial charge in [-0.05, 0) is 31.5 Å². The lowest BCUT2D eigenvalue weighted by atomic mass is 9.94. The Hall–Kier alpha value is -1.88. The average Bonchev–Trinajstić information content (AvgIpc) is 2.71. The molecule has 5 nitrogen and oxygen atoms in total. The van der Waals surface area contributed by atoms with Gasteiger partial charge in [-0.2, -0.15) is 0 Å². The number of nitrogens with one attached hydrogen (secondary N) is 1. The van der Waals surface area contributed by atoms with Gasteiger partial charge in [0.15, 0.2) is 0 Å². The lowest BCUT2D eigenvalue weighted by Crippen LogP contribution is -2.45. The molecule has 0 bridgehead atoms. The van der Waals surface area contributed by atoms with Crippen LogP contribution in [0, 0.1) is 11.8 Å². The third-order valence-electron chi connectivity index (χ3n) is 5.58. The van der Waals surface area contributed by atoms with Crippen molar-refractivity contribution < 1.29 is 9.59 Å². The van der Waals surface area contributed by atoms with Crippen LogP contribution in [0.4, 0.5) is 0 Å². The van der Waals surface area contributed by atoms with Gasteiger partial charge in [0.1, 0.15) is 0 Å². The van der Waals surface area contributed by atoms with Gasteiger partial charge in [0.2, 0.25) is 11.8 Å². The number of benzene rings is 1. The van der Waals surface area contributed by atoms with Crippen molar-refractivity contribution in [2.75, 3.05) is 32.7 Å². The molecule has 0 aliphatic carbocycles. The van der Waals surface area contributed by atoms with Crippen molar-refractivity contribution in [2.24, 2.45) is 11.8 Å². The summed E-state index contributed by atoms with van der Waals surface area (Å²) < 4.78 is 0. The van der Waals surface area contributed by atoms with Crippen LogP contribution in [-0.2, 0) is 9.59 Å². The molecule has 27 heavy (non-hydrogen) atoms. The molecule has 2 amide bonds. The van der Waals surface area contributed by atoms with E-state index in [4.69, 9.17) is 0 Å². The standard InChI is InChI=1S/C22H35N3O2/c1-5-24(6-2)20(18-10-8-7-9-11-18)16-23-21(26)19-12-14-25(15-13-19)22(27)17(3)4/h7-11,17,19-20H,5-6,12-16H2,1-4H3,(H,23,26). The molecule has 150 valence electrons. The van der Waals surface area contributed by atoms with E-state index < -0.39 is 0 Å². The van der Waals surface area contributed by atoms with Crippen molar-refractivity contribution in [2.45, 2.75) is 46.6 Å². The van der Waals surface area contributed by atoms with Gasteiger partial charge < -0.3 is 10.2 Å². The van der Waals surface area contributed by atoms with Crippen LogP contribution in [0.5, 0.6) is 0 Å². The lowest BCUT2D eigenvalue weighted by Gasteiger charge is -2.34. The Morgan fingerprint density at radius 1 is 1.11 bits per heavy atom. The van der Waals surface area contributed by atoms with Crippen LogP contribution in [-0.4, -0.2) is 54.3 Å². The van der Waals surface area contributed by atoms with Crippen molar-refractivity contribution in [3.05, 3.63) is 35.9 Å². The monoisotopic (exact) mass is 373 g/mol. The number of hydrogen-bond donors (Lipinski definition) is 1. The highest BCUT2D eigenvalue weighted by atomic mass is 16.2. The molecule has 1 aliphatic rings. The summed E-state index contributed by atoms with van der Waals surface area (Å²) in [6, 6.07) is 10.6. The largest absolute Gasteiger partial charge is 0.354 e. The average molecular weight is 374 g/mol. The Kier molecular flexibility index (Phi) is 8.29. The molecule has 1 aromatic carbocycles. The summed E-state index contributed by atoms with van der Waals surface area (Å²) in [5.41, 5.74) is 1.24. The molecule has 1 fully saturated rings. The SMILES string of the molecule is CCN(CC)C(CNC(=O)C1CCN(C(=O)C(C)C)CC1)c1ccccc1. The molecule has 1 unspecified atom stereocenters. The molecule has 1 aliphatic heterocycles. The highest BCUT2D eigenvalue weighted by Gasteiger charge is 2.29. The van der Waals surface area contributed by atoms with Crippen LogP contribution in [0.2, 0.25) is 0 Å². The number of carbonyl (C=O) groups excluding carboxylic acids is 2. The highest BCUT2D eigenvalue weighted by Crippen LogP contribution is 2.22. The first-order chi connectivity index (χ1) is 13.0. The molecule has 0 saturated carbocycles. The number of likely N-dealkylation sites (N-methyl/N-ethyl adjacent to an activating group) is 1. The number of piperidine rings is 1. The number of likely N-dealkylation sites (tertiary alicyclic amines) is 1. The summed E-state index contributed by atoms with van der Waals surface area (Å²) >= 11 is 0. The van der Waals surface area contributed by atoms with E-state index in [9.17, 15) is 9.59 Å². The second-order valence-electron chi connectivity index (χ2n) is 7.65. The number of carbonyl (C=O) groups is 2. The van der Waals surface area contributed by atoms with Crippen LogP contribution in [0.15, 0.2) is 30.3 Å². The van der Waals surface area contributed by atoms with Crippen molar-refractivity contribution in [1.29, 1.82) is 0 Å². The summed E-state index contributed by atoms with van der Waals surface area (Å²) in [7, 11) is 0. The maximum Gasteiger partial charge on any atom is 0.225 e. The van der Waals surface area contributed by atoms with Gasteiger partial charge in [-0.25, -0.2) is 0 Å². The molecule has 1 N–H and O–H groups in total. The molecule has 2 rings (SSSR count). The zero-order chi connectivity index (χ0) is 19.8. The summed E-state index contributed by atoms with van der Waals surface area (Å²) in [6.45, 7) is 12.1. The molecule has 1 aromatic rings. The zero-order valence-corrected chi connectivity index (χ0v) is 17.3. The van der Waals surface area contributed by atoms with Crippen molar-refractivity contribution >= 4 is 11.8 Å². The number of nitrogens with zero attached hydrogens (tertiary/aromatic N) is 2. The second kappa shape index (κ2) is 10.5. The number of amides is 2. The van der Waals surface area contributed by atoms with E-state index in [1.54, 1.807) is 0 Å². The first-order valence-corrected chi connectivity index (χ1v) is 10.3.